The topological polar surface area (TPSA) is 46.6 Å². The molecular formula is C15H17NO3S. The van der Waals surface area contributed by atoms with Crippen LogP contribution in [0.2, 0.25) is 0 Å². The Labute approximate surface area is 122 Å². The van der Waals surface area contributed by atoms with Gasteiger partial charge in [0.15, 0.2) is 0 Å². The van der Waals surface area contributed by atoms with Crippen LogP contribution in [-0.2, 0) is 14.3 Å². The Morgan fingerprint density at radius 1 is 1.35 bits per heavy atom. The van der Waals surface area contributed by atoms with Gasteiger partial charge in [0.2, 0.25) is 5.91 Å². The minimum atomic E-state index is -0.275. The normalized spacial score (nSPS) is 19.1. The van der Waals surface area contributed by atoms with Crippen LogP contribution in [0.15, 0.2) is 36.4 Å². The number of rotatable bonds is 3. The number of hydrogen-bond donors (Lipinski definition) is 0. The van der Waals surface area contributed by atoms with Gasteiger partial charge in [0.05, 0.1) is 7.11 Å². The Balaban J connectivity index is 1.95. The highest BCUT2D eigenvalue weighted by atomic mass is 32.2. The van der Waals surface area contributed by atoms with Crippen LogP contribution in [0.5, 0.6) is 0 Å². The molecule has 4 nitrogen and oxygen atoms in total. The van der Waals surface area contributed by atoms with E-state index in [4.69, 9.17) is 4.74 Å². The van der Waals surface area contributed by atoms with Crippen LogP contribution >= 0.6 is 11.8 Å². The van der Waals surface area contributed by atoms with E-state index in [0.29, 0.717) is 13.1 Å². The Bertz CT molecular complexity index is 501. The molecule has 1 saturated heterocycles. The van der Waals surface area contributed by atoms with Crippen molar-refractivity contribution in [1.82, 2.24) is 4.90 Å². The van der Waals surface area contributed by atoms with Crippen LogP contribution in [0.25, 0.3) is 6.08 Å². The molecule has 0 spiro atoms. The number of methoxy groups -OCH3 is 1. The van der Waals surface area contributed by atoms with E-state index in [1.165, 1.54) is 18.9 Å². The summed E-state index contributed by atoms with van der Waals surface area (Å²) in [6.45, 7) is 1.07. The largest absolute Gasteiger partial charge is 0.468 e. The van der Waals surface area contributed by atoms with Crippen molar-refractivity contribution in [2.45, 2.75) is 5.25 Å². The lowest BCUT2D eigenvalue weighted by molar-refractivity contribution is -0.140. The van der Waals surface area contributed by atoms with Crippen LogP contribution in [-0.4, -0.2) is 48.0 Å². The third-order valence-corrected chi connectivity index (χ3v) is 4.22. The molecule has 1 amide bonds. The lowest BCUT2D eigenvalue weighted by Crippen LogP contribution is -2.44. The lowest BCUT2D eigenvalue weighted by atomic mass is 10.2. The van der Waals surface area contributed by atoms with E-state index in [9.17, 15) is 9.59 Å². The minimum Gasteiger partial charge on any atom is -0.468 e. The van der Waals surface area contributed by atoms with Crippen LogP contribution in [0.4, 0.5) is 0 Å². The highest BCUT2D eigenvalue weighted by molar-refractivity contribution is 8.00. The highest BCUT2D eigenvalue weighted by Gasteiger charge is 2.28. The second-order valence-electron chi connectivity index (χ2n) is 4.41. The molecule has 1 heterocycles. The number of ether oxygens (including phenoxy) is 1. The molecule has 5 heteroatoms. The van der Waals surface area contributed by atoms with Gasteiger partial charge < -0.3 is 9.64 Å². The van der Waals surface area contributed by atoms with E-state index < -0.39 is 0 Å². The Morgan fingerprint density at radius 3 is 2.80 bits per heavy atom. The molecule has 20 heavy (non-hydrogen) atoms. The van der Waals surface area contributed by atoms with Crippen LogP contribution in [0.1, 0.15) is 5.56 Å². The van der Waals surface area contributed by atoms with E-state index in [0.717, 1.165) is 11.3 Å². The standard InChI is InChI=1S/C15H17NO3S/c1-19-15(18)13-11-16(9-10-20-13)14(17)8-7-12-5-3-2-4-6-12/h2-8,13H,9-11H2,1H3/b8-7+/t13-/m0/s1. The first kappa shape index (κ1) is 14.7. The average molecular weight is 291 g/mol. The summed E-state index contributed by atoms with van der Waals surface area (Å²) in [5.74, 6) is 0.424. The zero-order valence-corrected chi connectivity index (χ0v) is 12.1. The SMILES string of the molecule is COC(=O)[C@@H]1CN(C(=O)/C=C/c2ccccc2)CCS1. The predicted octanol–water partition coefficient (Wildman–Crippen LogP) is 1.82. The molecule has 0 unspecified atom stereocenters. The summed E-state index contributed by atoms with van der Waals surface area (Å²) in [6.07, 6.45) is 3.34. The first-order valence-electron chi connectivity index (χ1n) is 6.42. The van der Waals surface area contributed by atoms with E-state index in [1.807, 2.05) is 30.3 Å². The van der Waals surface area contributed by atoms with Gasteiger partial charge >= 0.3 is 5.97 Å². The maximum atomic E-state index is 12.1. The summed E-state index contributed by atoms with van der Waals surface area (Å²) in [6, 6.07) is 9.66. The van der Waals surface area contributed by atoms with E-state index in [1.54, 1.807) is 17.1 Å². The zero-order valence-electron chi connectivity index (χ0n) is 11.3. The number of carbonyl (C=O) groups excluding carboxylic acids is 2. The number of carbonyl (C=O) groups is 2. The first-order valence-corrected chi connectivity index (χ1v) is 7.47. The van der Waals surface area contributed by atoms with Gasteiger partial charge in [0, 0.05) is 24.9 Å². The van der Waals surface area contributed by atoms with Gasteiger partial charge in [-0.25, -0.2) is 0 Å². The number of hydrogen-bond acceptors (Lipinski definition) is 4. The Morgan fingerprint density at radius 2 is 2.10 bits per heavy atom. The predicted molar refractivity (Wildman–Crippen MR) is 80.3 cm³/mol. The number of benzene rings is 1. The fraction of sp³-hybridized carbons (Fsp3) is 0.333. The summed E-state index contributed by atoms with van der Waals surface area (Å²) in [4.78, 5) is 25.3. The highest BCUT2D eigenvalue weighted by Crippen LogP contribution is 2.20. The van der Waals surface area contributed by atoms with Crippen molar-refractivity contribution < 1.29 is 14.3 Å². The molecule has 106 valence electrons. The number of thioether (sulfide) groups is 1. The average Bonchev–Trinajstić information content (AvgIpc) is 2.53. The van der Waals surface area contributed by atoms with E-state index >= 15 is 0 Å². The van der Waals surface area contributed by atoms with Gasteiger partial charge in [-0.3, -0.25) is 9.59 Å². The van der Waals surface area contributed by atoms with Crippen molar-refractivity contribution in [3.8, 4) is 0 Å². The number of nitrogens with zero attached hydrogens (tertiary/aromatic N) is 1. The van der Waals surface area contributed by atoms with Gasteiger partial charge in [0.1, 0.15) is 5.25 Å². The molecule has 0 bridgehead atoms. The molecule has 0 aliphatic carbocycles. The van der Waals surface area contributed by atoms with Gasteiger partial charge in [-0.15, -0.1) is 11.8 Å². The number of esters is 1. The van der Waals surface area contributed by atoms with Crippen molar-refractivity contribution >= 4 is 29.7 Å². The summed E-state index contributed by atoms with van der Waals surface area (Å²) < 4.78 is 4.73. The molecule has 0 saturated carbocycles. The van der Waals surface area contributed by atoms with Crippen LogP contribution < -0.4 is 0 Å². The smallest absolute Gasteiger partial charge is 0.320 e. The number of amides is 1. The third kappa shape index (κ3) is 3.87. The monoisotopic (exact) mass is 291 g/mol. The second kappa shape index (κ2) is 7.14. The van der Waals surface area contributed by atoms with Gasteiger partial charge in [0.25, 0.3) is 0 Å². The summed E-state index contributed by atoms with van der Waals surface area (Å²) in [7, 11) is 1.37. The second-order valence-corrected chi connectivity index (χ2v) is 5.72. The summed E-state index contributed by atoms with van der Waals surface area (Å²) >= 11 is 1.54. The Hall–Kier alpha value is -1.75. The molecule has 1 aliphatic heterocycles. The minimum absolute atomic E-state index is 0.0666. The maximum Gasteiger partial charge on any atom is 0.320 e. The zero-order chi connectivity index (χ0) is 14.4. The summed E-state index contributed by atoms with van der Waals surface area (Å²) in [5, 5.41) is -0.275. The molecule has 0 aromatic heterocycles. The van der Waals surface area contributed by atoms with Gasteiger partial charge in [-0.2, -0.15) is 0 Å². The molecule has 1 aromatic rings. The molecule has 0 N–H and O–H groups in total. The molecule has 0 radical (unpaired) electrons. The molecule has 1 fully saturated rings. The molecule has 1 atom stereocenters. The van der Waals surface area contributed by atoms with Crippen molar-refractivity contribution in [1.29, 1.82) is 0 Å². The molecule has 2 rings (SSSR count). The van der Waals surface area contributed by atoms with Crippen molar-refractivity contribution in [3.05, 3.63) is 42.0 Å². The first-order chi connectivity index (χ1) is 9.70. The van der Waals surface area contributed by atoms with Gasteiger partial charge in [-0.05, 0) is 11.6 Å². The molecule has 1 aliphatic rings. The Kier molecular flexibility index (Phi) is 5.24. The third-order valence-electron chi connectivity index (χ3n) is 3.06. The van der Waals surface area contributed by atoms with Crippen LogP contribution in [0.3, 0.4) is 0 Å². The fourth-order valence-electron chi connectivity index (χ4n) is 1.96. The summed E-state index contributed by atoms with van der Waals surface area (Å²) in [5.41, 5.74) is 0.983. The van der Waals surface area contributed by atoms with Crippen molar-refractivity contribution in [3.63, 3.8) is 0 Å². The van der Waals surface area contributed by atoms with Gasteiger partial charge in [-0.1, -0.05) is 30.3 Å². The van der Waals surface area contributed by atoms with Crippen LogP contribution in [0, 0.1) is 0 Å². The fourth-order valence-corrected chi connectivity index (χ4v) is 3.09. The van der Waals surface area contributed by atoms with E-state index in [2.05, 4.69) is 0 Å². The molecular weight excluding hydrogens is 274 g/mol. The van der Waals surface area contributed by atoms with E-state index in [-0.39, 0.29) is 17.1 Å². The molecule has 1 aromatic carbocycles. The lowest BCUT2D eigenvalue weighted by Gasteiger charge is -2.30. The van der Waals surface area contributed by atoms with Crippen molar-refractivity contribution in [2.75, 3.05) is 26.0 Å². The quantitative estimate of drug-likeness (QED) is 0.629. The van der Waals surface area contributed by atoms with Crippen molar-refractivity contribution in [2.24, 2.45) is 0 Å². The maximum absolute atomic E-state index is 12.1.